The first-order valence-electron chi connectivity index (χ1n) is 11.1. The van der Waals surface area contributed by atoms with Gasteiger partial charge in [-0.3, -0.25) is 9.59 Å². The topological polar surface area (TPSA) is 89.6 Å². The Labute approximate surface area is 184 Å². The first kappa shape index (κ1) is 23.0. The van der Waals surface area contributed by atoms with Gasteiger partial charge in [-0.1, -0.05) is 35.5 Å². The number of carbonyl (C=O) groups excluding carboxylic acids is 1. The van der Waals surface area contributed by atoms with Crippen LogP contribution in [-0.2, 0) is 20.7 Å². The third kappa shape index (κ3) is 7.23. The molecule has 1 aliphatic carbocycles. The normalized spacial score (nSPS) is 19.5. The summed E-state index contributed by atoms with van der Waals surface area (Å²) in [7, 11) is 0. The van der Waals surface area contributed by atoms with Gasteiger partial charge in [0, 0.05) is 24.3 Å². The highest BCUT2D eigenvalue weighted by atomic mass is 16.6. The van der Waals surface area contributed by atoms with Gasteiger partial charge in [0.1, 0.15) is 11.4 Å². The highest BCUT2D eigenvalue weighted by Crippen LogP contribution is 2.44. The molecule has 0 aliphatic heterocycles. The lowest BCUT2D eigenvalue weighted by Gasteiger charge is -2.33. The molecule has 6 nitrogen and oxygen atoms in total. The van der Waals surface area contributed by atoms with Crippen molar-refractivity contribution in [1.29, 1.82) is 0 Å². The first-order chi connectivity index (χ1) is 14.7. The Hall–Kier alpha value is -2.63. The summed E-state index contributed by atoms with van der Waals surface area (Å²) >= 11 is 0. The summed E-state index contributed by atoms with van der Waals surface area (Å²) in [6.45, 7) is 5.45. The summed E-state index contributed by atoms with van der Waals surface area (Å²) in [4.78, 5) is 23.4. The van der Waals surface area contributed by atoms with E-state index in [1.807, 2.05) is 32.9 Å². The molecular weight excluding hydrogens is 394 g/mol. The summed E-state index contributed by atoms with van der Waals surface area (Å²) in [5, 5.41) is 13.3. The standard InChI is InChI=1S/C25H33NO5/c1-25(2,3)30-24(29)15-19(11-12-23(27)28)21-16-22(31-26-21)20-13-18(14-20)10-9-17-7-5-4-6-8-17/h4-8,16,18-20H,9-15H2,1-3H3,(H,27,28)/t18-,19-,20+/m0/s1. The molecule has 1 heterocycles. The average Bonchev–Trinajstić information content (AvgIpc) is 3.12. The number of rotatable bonds is 10. The van der Waals surface area contributed by atoms with Gasteiger partial charge in [-0.05, 0) is 64.4 Å². The number of aromatic nitrogens is 1. The molecule has 3 rings (SSSR count). The minimum atomic E-state index is -0.891. The number of benzene rings is 1. The number of aryl methyl sites for hydroxylation is 1. The minimum absolute atomic E-state index is 0.0271. The fourth-order valence-corrected chi connectivity index (χ4v) is 4.14. The Morgan fingerprint density at radius 2 is 1.94 bits per heavy atom. The van der Waals surface area contributed by atoms with Crippen LogP contribution in [-0.4, -0.2) is 27.8 Å². The lowest BCUT2D eigenvalue weighted by atomic mass is 9.71. The molecule has 0 unspecified atom stereocenters. The van der Waals surface area contributed by atoms with Crippen molar-refractivity contribution in [2.75, 3.05) is 0 Å². The predicted molar refractivity (Wildman–Crippen MR) is 117 cm³/mol. The molecule has 2 aromatic rings. The second-order valence-corrected chi connectivity index (χ2v) is 9.63. The van der Waals surface area contributed by atoms with Crippen molar-refractivity contribution < 1.29 is 24.0 Å². The quantitative estimate of drug-likeness (QED) is 0.505. The van der Waals surface area contributed by atoms with Crippen molar-refractivity contribution >= 4 is 11.9 Å². The van der Waals surface area contributed by atoms with Crippen LogP contribution in [0.15, 0.2) is 40.9 Å². The monoisotopic (exact) mass is 427 g/mol. The van der Waals surface area contributed by atoms with Crippen LogP contribution in [0.5, 0.6) is 0 Å². The van der Waals surface area contributed by atoms with Gasteiger partial charge < -0.3 is 14.4 Å². The van der Waals surface area contributed by atoms with E-state index in [1.165, 1.54) is 12.0 Å². The lowest BCUT2D eigenvalue weighted by molar-refractivity contribution is -0.155. The Kier molecular flexibility index (Phi) is 7.52. The Bertz CT molecular complexity index is 862. The van der Waals surface area contributed by atoms with Crippen LogP contribution >= 0.6 is 0 Å². The van der Waals surface area contributed by atoms with Gasteiger partial charge in [0.2, 0.25) is 0 Å². The Morgan fingerprint density at radius 3 is 2.58 bits per heavy atom. The number of aliphatic carboxylic acids is 1. The summed E-state index contributed by atoms with van der Waals surface area (Å²) in [5.41, 5.74) is 1.44. The molecule has 31 heavy (non-hydrogen) atoms. The van der Waals surface area contributed by atoms with Gasteiger partial charge in [0.15, 0.2) is 0 Å². The fraction of sp³-hybridized carbons (Fsp3) is 0.560. The van der Waals surface area contributed by atoms with Crippen molar-refractivity contribution in [2.45, 2.75) is 83.2 Å². The summed E-state index contributed by atoms with van der Waals surface area (Å²) < 4.78 is 11.0. The molecular formula is C25H33NO5. The lowest BCUT2D eigenvalue weighted by Crippen LogP contribution is -2.25. The zero-order chi connectivity index (χ0) is 22.4. The third-order valence-corrected chi connectivity index (χ3v) is 5.83. The molecule has 0 radical (unpaired) electrons. The van der Waals surface area contributed by atoms with Crippen LogP contribution in [0.4, 0.5) is 0 Å². The van der Waals surface area contributed by atoms with Crippen molar-refractivity contribution in [3.05, 3.63) is 53.4 Å². The number of ether oxygens (including phenoxy) is 1. The molecule has 0 spiro atoms. The Morgan fingerprint density at radius 1 is 1.23 bits per heavy atom. The number of hydrogen-bond acceptors (Lipinski definition) is 5. The molecule has 1 atom stereocenters. The molecule has 1 aromatic carbocycles. The molecule has 6 heteroatoms. The second-order valence-electron chi connectivity index (χ2n) is 9.63. The van der Waals surface area contributed by atoms with Gasteiger partial charge in [0.05, 0.1) is 12.1 Å². The summed E-state index contributed by atoms with van der Waals surface area (Å²) in [6.07, 6.45) is 4.81. The van der Waals surface area contributed by atoms with Crippen molar-refractivity contribution in [2.24, 2.45) is 5.92 Å². The molecule has 0 amide bonds. The van der Waals surface area contributed by atoms with Crippen LogP contribution in [0.25, 0.3) is 0 Å². The maximum Gasteiger partial charge on any atom is 0.306 e. The van der Waals surface area contributed by atoms with E-state index in [2.05, 4.69) is 29.4 Å². The number of carboxylic acids is 1. The van der Waals surface area contributed by atoms with Crippen LogP contribution < -0.4 is 0 Å². The molecule has 1 aromatic heterocycles. The molecule has 1 aliphatic rings. The molecule has 0 saturated heterocycles. The summed E-state index contributed by atoms with van der Waals surface area (Å²) in [6, 6.07) is 12.4. The third-order valence-electron chi connectivity index (χ3n) is 5.83. The summed E-state index contributed by atoms with van der Waals surface area (Å²) in [5.74, 6) is 0.315. The highest BCUT2D eigenvalue weighted by Gasteiger charge is 2.34. The van der Waals surface area contributed by atoms with Crippen LogP contribution in [0.3, 0.4) is 0 Å². The smallest absolute Gasteiger partial charge is 0.306 e. The SMILES string of the molecule is CC(C)(C)OC(=O)C[C@H](CCC(=O)O)c1cc([C@H]2C[C@@H](CCc3ccccc3)C2)on1. The maximum atomic E-state index is 12.3. The fourth-order valence-electron chi connectivity index (χ4n) is 4.14. The van der Waals surface area contributed by atoms with E-state index in [0.717, 1.165) is 25.0 Å². The average molecular weight is 428 g/mol. The van der Waals surface area contributed by atoms with Gasteiger partial charge >= 0.3 is 11.9 Å². The van der Waals surface area contributed by atoms with Crippen LogP contribution in [0.2, 0.25) is 0 Å². The minimum Gasteiger partial charge on any atom is -0.481 e. The van der Waals surface area contributed by atoms with E-state index >= 15 is 0 Å². The van der Waals surface area contributed by atoms with Gasteiger partial charge in [0.25, 0.3) is 0 Å². The van der Waals surface area contributed by atoms with E-state index in [4.69, 9.17) is 14.4 Å². The van der Waals surface area contributed by atoms with Gasteiger partial charge in [-0.25, -0.2) is 0 Å². The van der Waals surface area contributed by atoms with E-state index in [9.17, 15) is 9.59 Å². The van der Waals surface area contributed by atoms with E-state index < -0.39 is 11.6 Å². The van der Waals surface area contributed by atoms with Gasteiger partial charge in [-0.2, -0.15) is 0 Å². The van der Waals surface area contributed by atoms with Crippen LogP contribution in [0, 0.1) is 5.92 Å². The molecule has 1 fully saturated rings. The first-order valence-corrected chi connectivity index (χ1v) is 11.1. The predicted octanol–water partition coefficient (Wildman–Crippen LogP) is 5.48. The van der Waals surface area contributed by atoms with Gasteiger partial charge in [-0.15, -0.1) is 0 Å². The van der Waals surface area contributed by atoms with Crippen molar-refractivity contribution in [3.8, 4) is 0 Å². The van der Waals surface area contributed by atoms with E-state index in [-0.39, 0.29) is 24.7 Å². The number of nitrogens with zero attached hydrogens (tertiary/aromatic N) is 1. The molecule has 1 N–H and O–H groups in total. The van der Waals surface area contributed by atoms with Crippen molar-refractivity contribution in [3.63, 3.8) is 0 Å². The van der Waals surface area contributed by atoms with Crippen molar-refractivity contribution in [1.82, 2.24) is 5.16 Å². The number of carboxylic acid groups (broad SMARTS) is 1. The largest absolute Gasteiger partial charge is 0.481 e. The molecule has 168 valence electrons. The molecule has 0 bridgehead atoms. The number of hydrogen-bond donors (Lipinski definition) is 1. The maximum absolute atomic E-state index is 12.3. The van der Waals surface area contributed by atoms with Crippen LogP contribution in [0.1, 0.15) is 88.1 Å². The van der Waals surface area contributed by atoms with E-state index in [0.29, 0.717) is 24.0 Å². The number of carbonyl (C=O) groups is 2. The second kappa shape index (κ2) is 10.1. The number of esters is 1. The highest BCUT2D eigenvalue weighted by molar-refractivity contribution is 5.71. The Balaban J connectivity index is 1.54. The molecule has 1 saturated carbocycles. The zero-order valence-electron chi connectivity index (χ0n) is 18.7. The zero-order valence-corrected chi connectivity index (χ0v) is 18.7. The van der Waals surface area contributed by atoms with E-state index in [1.54, 1.807) is 0 Å².